The number of carbonyl (C=O) groups is 2. The molecule has 2 N–H and O–H groups in total. The van der Waals surface area contributed by atoms with E-state index >= 15 is 0 Å². The highest BCUT2D eigenvalue weighted by Gasteiger charge is 2.21. The van der Waals surface area contributed by atoms with Crippen LogP contribution in [-0.2, 0) is 9.53 Å². The molecule has 2 rings (SSSR count). The fourth-order valence-corrected chi connectivity index (χ4v) is 2.27. The molecule has 21 heavy (non-hydrogen) atoms. The maximum atomic E-state index is 12.2. The Labute approximate surface area is 123 Å². The molecule has 114 valence electrons. The Balaban J connectivity index is 1.95. The third kappa shape index (κ3) is 4.75. The zero-order valence-electron chi connectivity index (χ0n) is 11.9. The van der Waals surface area contributed by atoms with Gasteiger partial charge in [-0.15, -0.1) is 0 Å². The summed E-state index contributed by atoms with van der Waals surface area (Å²) >= 11 is 0. The first-order valence-corrected chi connectivity index (χ1v) is 6.91. The van der Waals surface area contributed by atoms with Crippen molar-refractivity contribution in [2.75, 3.05) is 13.2 Å². The van der Waals surface area contributed by atoms with Crippen LogP contribution in [0.4, 0.5) is 0 Å². The smallest absolute Gasteiger partial charge is 0.341 e. The molecule has 0 radical (unpaired) electrons. The van der Waals surface area contributed by atoms with Crippen molar-refractivity contribution >= 4 is 11.9 Å². The fraction of sp³-hybridized carbons (Fsp3) is 0.467. The van der Waals surface area contributed by atoms with Crippen LogP contribution in [0.15, 0.2) is 24.3 Å². The molecule has 6 heteroatoms. The van der Waals surface area contributed by atoms with E-state index in [2.05, 4.69) is 5.32 Å². The minimum Gasteiger partial charge on any atom is -0.482 e. The van der Waals surface area contributed by atoms with Gasteiger partial charge in [0.25, 0.3) is 5.91 Å². The van der Waals surface area contributed by atoms with E-state index in [1.165, 1.54) is 0 Å². The van der Waals surface area contributed by atoms with Crippen molar-refractivity contribution in [2.24, 2.45) is 0 Å². The maximum Gasteiger partial charge on any atom is 0.341 e. The molecule has 1 aliphatic heterocycles. The second kappa shape index (κ2) is 7.08. The van der Waals surface area contributed by atoms with Crippen LogP contribution in [0.5, 0.6) is 5.75 Å². The van der Waals surface area contributed by atoms with E-state index in [-0.39, 0.29) is 18.1 Å². The second-order valence-electron chi connectivity index (χ2n) is 5.09. The van der Waals surface area contributed by atoms with Gasteiger partial charge in [0, 0.05) is 18.2 Å². The third-order valence-corrected chi connectivity index (χ3v) is 3.28. The van der Waals surface area contributed by atoms with Crippen LogP contribution in [0.2, 0.25) is 0 Å². The summed E-state index contributed by atoms with van der Waals surface area (Å²) in [5.74, 6) is -0.874. The summed E-state index contributed by atoms with van der Waals surface area (Å²) in [6.07, 6.45) is 1.74. The van der Waals surface area contributed by atoms with Crippen LogP contribution in [0, 0.1) is 0 Å². The Kier molecular flexibility index (Phi) is 5.16. The fourth-order valence-electron chi connectivity index (χ4n) is 2.27. The first-order chi connectivity index (χ1) is 10.0. The Bertz CT molecular complexity index is 517. The molecule has 0 saturated carbocycles. The highest BCUT2D eigenvalue weighted by molar-refractivity contribution is 5.94. The van der Waals surface area contributed by atoms with Gasteiger partial charge in [0.05, 0.1) is 6.10 Å². The van der Waals surface area contributed by atoms with Gasteiger partial charge in [0.2, 0.25) is 0 Å². The molecule has 1 fully saturated rings. The monoisotopic (exact) mass is 293 g/mol. The summed E-state index contributed by atoms with van der Waals surface area (Å²) in [4.78, 5) is 22.7. The Hall–Kier alpha value is -2.08. The zero-order valence-corrected chi connectivity index (χ0v) is 11.9. The van der Waals surface area contributed by atoms with Crippen LogP contribution >= 0.6 is 0 Å². The van der Waals surface area contributed by atoms with Gasteiger partial charge < -0.3 is 19.9 Å². The van der Waals surface area contributed by atoms with Crippen molar-refractivity contribution in [1.82, 2.24) is 5.32 Å². The molecular formula is C15H19NO5. The standard InChI is InChI=1S/C15H19NO5/c1-10-7-12(5-6-20-10)16-15(19)11-3-2-4-13(8-11)21-9-14(17)18/h2-4,8,10,12H,5-7,9H2,1H3,(H,16,19)(H,17,18). The van der Waals surface area contributed by atoms with E-state index in [1.54, 1.807) is 24.3 Å². The minimum absolute atomic E-state index is 0.102. The number of nitrogens with one attached hydrogen (secondary N) is 1. The molecule has 0 aliphatic carbocycles. The van der Waals surface area contributed by atoms with Crippen LogP contribution in [-0.4, -0.2) is 42.3 Å². The lowest BCUT2D eigenvalue weighted by atomic mass is 10.0. The van der Waals surface area contributed by atoms with Gasteiger partial charge in [0.1, 0.15) is 5.75 Å². The van der Waals surface area contributed by atoms with E-state index in [4.69, 9.17) is 14.6 Å². The summed E-state index contributed by atoms with van der Waals surface area (Å²) < 4.78 is 10.5. The molecule has 0 bridgehead atoms. The van der Waals surface area contributed by atoms with E-state index in [0.717, 1.165) is 12.8 Å². The number of hydrogen-bond acceptors (Lipinski definition) is 4. The quantitative estimate of drug-likeness (QED) is 0.858. The molecule has 1 aliphatic rings. The van der Waals surface area contributed by atoms with Crippen molar-refractivity contribution in [3.8, 4) is 5.75 Å². The van der Waals surface area contributed by atoms with Gasteiger partial charge in [-0.2, -0.15) is 0 Å². The lowest BCUT2D eigenvalue weighted by Crippen LogP contribution is -2.41. The molecule has 1 aromatic rings. The maximum absolute atomic E-state index is 12.2. The van der Waals surface area contributed by atoms with Crippen molar-refractivity contribution in [2.45, 2.75) is 31.9 Å². The minimum atomic E-state index is -1.05. The molecule has 2 unspecified atom stereocenters. The van der Waals surface area contributed by atoms with Crippen LogP contribution in [0.25, 0.3) is 0 Å². The highest BCUT2D eigenvalue weighted by atomic mass is 16.5. The number of benzene rings is 1. The van der Waals surface area contributed by atoms with Gasteiger partial charge in [-0.25, -0.2) is 4.79 Å². The van der Waals surface area contributed by atoms with Crippen molar-refractivity contribution < 1.29 is 24.2 Å². The summed E-state index contributed by atoms with van der Waals surface area (Å²) in [5, 5.41) is 11.5. The average Bonchev–Trinajstić information content (AvgIpc) is 2.45. The van der Waals surface area contributed by atoms with Gasteiger partial charge in [-0.1, -0.05) is 6.07 Å². The molecule has 1 saturated heterocycles. The Morgan fingerprint density at radius 2 is 2.29 bits per heavy atom. The highest BCUT2D eigenvalue weighted by Crippen LogP contribution is 2.16. The molecular weight excluding hydrogens is 274 g/mol. The van der Waals surface area contributed by atoms with Gasteiger partial charge >= 0.3 is 5.97 Å². The Morgan fingerprint density at radius 3 is 3.00 bits per heavy atom. The third-order valence-electron chi connectivity index (χ3n) is 3.28. The lowest BCUT2D eigenvalue weighted by molar-refractivity contribution is -0.139. The van der Waals surface area contributed by atoms with Crippen LogP contribution in [0.3, 0.4) is 0 Å². The molecule has 6 nitrogen and oxygen atoms in total. The molecule has 2 atom stereocenters. The molecule has 0 spiro atoms. The lowest BCUT2D eigenvalue weighted by Gasteiger charge is -2.27. The SMILES string of the molecule is CC1CC(NC(=O)c2cccc(OCC(=O)O)c2)CCO1. The summed E-state index contributed by atoms with van der Waals surface area (Å²) in [6, 6.07) is 6.60. The van der Waals surface area contributed by atoms with E-state index in [9.17, 15) is 9.59 Å². The number of rotatable bonds is 5. The number of aliphatic carboxylic acids is 1. The molecule has 1 heterocycles. The van der Waals surface area contributed by atoms with E-state index in [1.807, 2.05) is 6.92 Å². The molecule has 1 amide bonds. The zero-order chi connectivity index (χ0) is 15.2. The predicted octanol–water partition coefficient (Wildman–Crippen LogP) is 1.45. The van der Waals surface area contributed by atoms with Crippen molar-refractivity contribution in [3.63, 3.8) is 0 Å². The first-order valence-electron chi connectivity index (χ1n) is 6.91. The van der Waals surface area contributed by atoms with Gasteiger partial charge in [-0.3, -0.25) is 4.79 Å². The number of amides is 1. The summed E-state index contributed by atoms with van der Waals surface area (Å²) in [5.41, 5.74) is 0.456. The Morgan fingerprint density at radius 1 is 1.48 bits per heavy atom. The molecule has 1 aromatic carbocycles. The normalized spacial score (nSPS) is 21.6. The summed E-state index contributed by atoms with van der Waals surface area (Å²) in [7, 11) is 0. The number of carboxylic acids is 1. The van der Waals surface area contributed by atoms with E-state index < -0.39 is 12.6 Å². The van der Waals surface area contributed by atoms with Crippen LogP contribution in [0.1, 0.15) is 30.1 Å². The first kappa shape index (κ1) is 15.3. The number of carboxylic acid groups (broad SMARTS) is 1. The predicted molar refractivity (Wildman–Crippen MR) is 75.5 cm³/mol. The van der Waals surface area contributed by atoms with Crippen molar-refractivity contribution in [3.05, 3.63) is 29.8 Å². The van der Waals surface area contributed by atoms with Gasteiger partial charge in [-0.05, 0) is 38.0 Å². The van der Waals surface area contributed by atoms with Crippen molar-refractivity contribution in [1.29, 1.82) is 0 Å². The topological polar surface area (TPSA) is 84.9 Å². The summed E-state index contributed by atoms with van der Waals surface area (Å²) in [6.45, 7) is 2.20. The van der Waals surface area contributed by atoms with Gasteiger partial charge in [0.15, 0.2) is 6.61 Å². The number of carbonyl (C=O) groups excluding carboxylic acids is 1. The number of ether oxygens (including phenoxy) is 2. The molecule has 0 aromatic heterocycles. The van der Waals surface area contributed by atoms with Crippen LogP contribution < -0.4 is 10.1 Å². The average molecular weight is 293 g/mol. The largest absolute Gasteiger partial charge is 0.482 e. The number of hydrogen-bond donors (Lipinski definition) is 2. The van der Waals surface area contributed by atoms with E-state index in [0.29, 0.717) is 17.9 Å². The second-order valence-corrected chi connectivity index (χ2v) is 5.09.